The van der Waals surface area contributed by atoms with Crippen LogP contribution in [0, 0.1) is 0 Å². The number of rotatable bonds is 7. The van der Waals surface area contributed by atoms with Crippen LogP contribution in [-0.4, -0.2) is 14.7 Å². The molecular weight excluding hydrogens is 268 g/mol. The summed E-state index contributed by atoms with van der Waals surface area (Å²) in [5.41, 5.74) is 0. The minimum atomic E-state index is -4.64. The summed E-state index contributed by atoms with van der Waals surface area (Å²) in [7, 11) is -4.64. The summed E-state index contributed by atoms with van der Waals surface area (Å²) in [6.45, 7) is 2.27. The molecule has 3 N–H and O–H groups in total. The van der Waals surface area contributed by atoms with Crippen LogP contribution in [0.1, 0.15) is 51.9 Å². The average Bonchev–Trinajstić information content (AvgIpc) is 2.08. The fourth-order valence-corrected chi connectivity index (χ4v) is 1.88. The van der Waals surface area contributed by atoms with Gasteiger partial charge in [-0.05, 0) is 0 Å². The molecule has 0 aliphatic rings. The third-order valence-corrected chi connectivity index (χ3v) is 2.90. The number of hydrogen-bond donors (Lipinski definition) is 3. The van der Waals surface area contributed by atoms with Crippen molar-refractivity contribution in [2.24, 2.45) is 0 Å². The van der Waals surface area contributed by atoms with E-state index in [9.17, 15) is 0 Å². The van der Waals surface area contributed by atoms with Crippen molar-refractivity contribution >= 4 is 7.82 Å². The second kappa shape index (κ2) is 12.8. The topological polar surface area (TPSA) is 77.8 Å². The van der Waals surface area contributed by atoms with Crippen molar-refractivity contribution in [1.29, 1.82) is 0 Å². The molecule has 0 aliphatic carbocycles. The van der Waals surface area contributed by atoms with E-state index in [1.165, 1.54) is 68.3 Å². The number of phosphoric acid groups is 1. The van der Waals surface area contributed by atoms with E-state index in [2.05, 4.69) is 6.92 Å². The Morgan fingerprint density at radius 2 is 1.27 bits per heavy atom. The van der Waals surface area contributed by atoms with Crippen LogP contribution < -0.4 is 0 Å². The molecule has 0 spiro atoms. The fraction of sp³-hybridized carbons (Fsp3) is 1.00. The summed E-state index contributed by atoms with van der Waals surface area (Å²) < 4.78 is 8.88. The van der Waals surface area contributed by atoms with E-state index in [0.717, 1.165) is 0 Å². The van der Waals surface area contributed by atoms with Gasteiger partial charge in [0.05, 0.1) is 0 Å². The molecule has 4 nitrogen and oxygen atoms in total. The molecule has 0 aromatic rings. The molecule has 0 saturated carbocycles. The minimum absolute atomic E-state index is 1.38. The van der Waals surface area contributed by atoms with Crippen molar-refractivity contribution < 1.29 is 37.5 Å². The van der Waals surface area contributed by atoms with E-state index in [0.29, 0.717) is 0 Å². The molecule has 0 bridgehead atoms. The van der Waals surface area contributed by atoms with Gasteiger partial charge in [-0.3, -0.25) is 0 Å². The van der Waals surface area contributed by atoms with Gasteiger partial charge in [-0.15, -0.1) is 0 Å². The van der Waals surface area contributed by atoms with Crippen molar-refractivity contribution in [1.82, 2.24) is 0 Å². The zero-order valence-corrected chi connectivity index (χ0v) is 13.4. The van der Waals surface area contributed by atoms with Gasteiger partial charge >= 0.3 is 83.0 Å². The molecule has 0 fully saturated rings. The van der Waals surface area contributed by atoms with Gasteiger partial charge in [-0.2, -0.15) is 0 Å². The Kier molecular flexibility index (Phi) is 15.5. The molecule has 6 heteroatoms. The van der Waals surface area contributed by atoms with Crippen LogP contribution >= 0.6 is 7.82 Å². The average molecular weight is 291 g/mol. The first-order chi connectivity index (χ1) is 6.91. The van der Waals surface area contributed by atoms with E-state index in [-0.39, 0.29) is 0 Å². The monoisotopic (exact) mass is 289 g/mol. The first kappa shape index (κ1) is 18.1. The van der Waals surface area contributed by atoms with Crippen molar-refractivity contribution in [3.8, 4) is 0 Å². The van der Waals surface area contributed by atoms with Gasteiger partial charge in [0, 0.05) is 0 Å². The summed E-state index contributed by atoms with van der Waals surface area (Å²) in [5.74, 6) is 0. The quantitative estimate of drug-likeness (QED) is 0.383. The molecule has 0 aromatic heterocycles. The molecule has 15 heavy (non-hydrogen) atoms. The van der Waals surface area contributed by atoms with Crippen molar-refractivity contribution in [3.63, 3.8) is 0 Å². The molecule has 0 unspecified atom stereocenters. The molecule has 0 aromatic carbocycles. The Morgan fingerprint density at radius 1 is 0.933 bits per heavy atom. The second-order valence-corrected chi connectivity index (χ2v) is 6.00. The van der Waals surface area contributed by atoms with E-state index in [1.807, 2.05) is 0 Å². The summed E-state index contributed by atoms with van der Waals surface area (Å²) in [5, 5.41) is 1.49. The van der Waals surface area contributed by atoms with Gasteiger partial charge in [0.15, 0.2) is 0 Å². The Hall–Kier alpha value is 0.733. The van der Waals surface area contributed by atoms with Crippen LogP contribution in [0.2, 0.25) is 5.02 Å². The minimum Gasteiger partial charge on any atom is -0.303 e. The Bertz CT molecular complexity index is 144. The molecule has 0 atom stereocenters. The number of hydrogen-bond acceptors (Lipinski definition) is 1. The van der Waals surface area contributed by atoms with Crippen LogP contribution in [0.5, 0.6) is 0 Å². The second-order valence-electron chi connectivity index (χ2n) is 3.49. The molecule has 0 saturated heterocycles. The van der Waals surface area contributed by atoms with E-state index in [1.54, 1.807) is 0 Å². The Morgan fingerprint density at radius 3 is 1.60 bits per heavy atom. The van der Waals surface area contributed by atoms with Crippen LogP contribution in [0.3, 0.4) is 0 Å². The maximum Gasteiger partial charge on any atom is 0.466 e. The SMILES string of the molecule is CCCCCCCC[CH2][Zn].O=P(O)(O)O. The summed E-state index contributed by atoms with van der Waals surface area (Å²) in [4.78, 5) is 21.6. The first-order valence-electron chi connectivity index (χ1n) is 5.49. The largest absolute Gasteiger partial charge is 0.466 e. The predicted molar refractivity (Wildman–Crippen MR) is 57.1 cm³/mol. The molecule has 0 aliphatic heterocycles. The van der Waals surface area contributed by atoms with Crippen LogP contribution in [0.25, 0.3) is 0 Å². The Labute approximate surface area is 102 Å². The third-order valence-electron chi connectivity index (χ3n) is 1.85. The van der Waals surface area contributed by atoms with Gasteiger partial charge in [-0.1, -0.05) is 0 Å². The molecule has 89 valence electrons. The molecular formula is C9H22O4PZn. The Balaban J connectivity index is 0. The molecule has 0 heterocycles. The zero-order chi connectivity index (χ0) is 12.2. The van der Waals surface area contributed by atoms with Crippen LogP contribution in [-0.2, 0) is 22.9 Å². The number of unbranched alkanes of at least 4 members (excludes halogenated alkanes) is 6. The van der Waals surface area contributed by atoms with Gasteiger partial charge in [-0.25, -0.2) is 4.57 Å². The standard InChI is InChI=1S/C9H19.H3O4P.Zn/c1-3-5-7-9-8-6-4-2;1-5(2,3)4;/h1,3-9H2,2H3;(H3,1,2,3,4);. The normalized spacial score (nSPS) is 10.8. The van der Waals surface area contributed by atoms with Gasteiger partial charge in [0.1, 0.15) is 0 Å². The maximum absolute atomic E-state index is 8.88. The third kappa shape index (κ3) is 39.9. The first-order valence-corrected chi connectivity index (χ1v) is 9.15. The van der Waals surface area contributed by atoms with E-state index < -0.39 is 7.82 Å². The fourth-order valence-electron chi connectivity index (χ4n) is 1.13. The van der Waals surface area contributed by atoms with Crippen molar-refractivity contribution in [2.45, 2.75) is 56.9 Å². The molecule has 0 amide bonds. The molecule has 0 radical (unpaired) electrons. The van der Waals surface area contributed by atoms with Crippen molar-refractivity contribution in [3.05, 3.63) is 0 Å². The van der Waals surface area contributed by atoms with Crippen LogP contribution in [0.4, 0.5) is 0 Å². The van der Waals surface area contributed by atoms with Crippen LogP contribution in [0.15, 0.2) is 0 Å². The van der Waals surface area contributed by atoms with E-state index in [4.69, 9.17) is 19.2 Å². The molecule has 0 rings (SSSR count). The van der Waals surface area contributed by atoms with Gasteiger partial charge < -0.3 is 14.7 Å². The summed E-state index contributed by atoms with van der Waals surface area (Å²) >= 11 is 1.50. The van der Waals surface area contributed by atoms with Crippen molar-refractivity contribution in [2.75, 3.05) is 0 Å². The summed E-state index contributed by atoms with van der Waals surface area (Å²) in [6.07, 6.45) is 10.2. The summed E-state index contributed by atoms with van der Waals surface area (Å²) in [6, 6.07) is 0. The zero-order valence-electron chi connectivity index (χ0n) is 9.56. The smallest absolute Gasteiger partial charge is 0.303 e. The predicted octanol–water partition coefficient (Wildman–Crippen LogP) is 2.77. The van der Waals surface area contributed by atoms with Gasteiger partial charge in [0.2, 0.25) is 0 Å². The maximum atomic E-state index is 8.88. The van der Waals surface area contributed by atoms with Gasteiger partial charge in [0.25, 0.3) is 0 Å². The van der Waals surface area contributed by atoms with E-state index >= 15 is 0 Å².